The highest BCUT2D eigenvalue weighted by molar-refractivity contribution is 5.88. The molecule has 4 heteroatoms. The standard InChI is InChI=1S/C12H14N2O2/c1-7-6-10(14(5)12(15)16)8(2)9(3)11(7)13-4/h6H,1-3,5H3,(H,15,16). The molecule has 16 heavy (non-hydrogen) atoms. The van der Waals surface area contributed by atoms with Crippen molar-refractivity contribution >= 4 is 17.5 Å². The number of hydrogen-bond acceptors (Lipinski definition) is 1. The summed E-state index contributed by atoms with van der Waals surface area (Å²) in [5.74, 6) is 0. The van der Waals surface area contributed by atoms with E-state index in [9.17, 15) is 4.79 Å². The lowest BCUT2D eigenvalue weighted by atomic mass is 10.0. The fraction of sp³-hybridized carbons (Fsp3) is 0.333. The molecule has 84 valence electrons. The molecule has 0 heterocycles. The van der Waals surface area contributed by atoms with Gasteiger partial charge in [-0.2, -0.15) is 0 Å². The van der Waals surface area contributed by atoms with E-state index in [4.69, 9.17) is 11.7 Å². The number of hydrogen-bond donors (Lipinski definition) is 1. The van der Waals surface area contributed by atoms with Crippen LogP contribution in [0.3, 0.4) is 0 Å². The Kier molecular flexibility index (Phi) is 3.19. The van der Waals surface area contributed by atoms with Gasteiger partial charge in [0.15, 0.2) is 5.69 Å². The normalized spacial score (nSPS) is 9.69. The maximum atomic E-state index is 10.9. The summed E-state index contributed by atoms with van der Waals surface area (Å²) in [5, 5.41) is 8.93. The molecule has 0 saturated heterocycles. The van der Waals surface area contributed by atoms with Crippen molar-refractivity contribution in [3.8, 4) is 0 Å². The van der Waals surface area contributed by atoms with Gasteiger partial charge in [-0.1, -0.05) is 0 Å². The van der Waals surface area contributed by atoms with Crippen molar-refractivity contribution in [2.24, 2.45) is 0 Å². The van der Waals surface area contributed by atoms with Gasteiger partial charge in [0.1, 0.15) is 0 Å². The first-order chi connectivity index (χ1) is 7.40. The summed E-state index contributed by atoms with van der Waals surface area (Å²) in [6, 6.07) is 1.74. The Bertz CT molecular complexity index is 487. The van der Waals surface area contributed by atoms with Crippen LogP contribution in [-0.2, 0) is 0 Å². The third kappa shape index (κ3) is 1.84. The van der Waals surface area contributed by atoms with Crippen molar-refractivity contribution in [3.63, 3.8) is 0 Å². The van der Waals surface area contributed by atoms with Gasteiger partial charge in [0.25, 0.3) is 0 Å². The van der Waals surface area contributed by atoms with Gasteiger partial charge in [0.05, 0.1) is 6.57 Å². The van der Waals surface area contributed by atoms with Crippen molar-refractivity contribution in [1.82, 2.24) is 0 Å². The van der Waals surface area contributed by atoms with Gasteiger partial charge in [-0.15, -0.1) is 0 Å². The van der Waals surface area contributed by atoms with E-state index in [1.165, 1.54) is 11.9 Å². The van der Waals surface area contributed by atoms with E-state index in [0.717, 1.165) is 16.7 Å². The van der Waals surface area contributed by atoms with E-state index in [1.54, 1.807) is 6.07 Å². The number of carboxylic acid groups (broad SMARTS) is 1. The molecule has 0 aliphatic heterocycles. The molecule has 0 saturated carbocycles. The Hall–Kier alpha value is -2.02. The molecule has 0 spiro atoms. The molecule has 0 radical (unpaired) electrons. The fourth-order valence-electron chi connectivity index (χ4n) is 1.67. The third-order valence-electron chi connectivity index (χ3n) is 2.79. The van der Waals surface area contributed by atoms with Crippen molar-refractivity contribution in [1.29, 1.82) is 0 Å². The minimum absolute atomic E-state index is 0.611. The molecule has 0 aromatic heterocycles. The summed E-state index contributed by atoms with van der Waals surface area (Å²) < 4.78 is 0. The predicted molar refractivity (Wildman–Crippen MR) is 63.3 cm³/mol. The summed E-state index contributed by atoms with van der Waals surface area (Å²) in [6.07, 6.45) is -1.00. The number of benzene rings is 1. The number of rotatable bonds is 1. The minimum atomic E-state index is -1.00. The zero-order chi connectivity index (χ0) is 12.5. The van der Waals surface area contributed by atoms with E-state index in [1.807, 2.05) is 20.8 Å². The first kappa shape index (κ1) is 12.1. The maximum absolute atomic E-state index is 10.9. The van der Waals surface area contributed by atoms with Gasteiger partial charge in [0, 0.05) is 12.7 Å². The number of carbonyl (C=O) groups is 1. The first-order valence-corrected chi connectivity index (χ1v) is 4.85. The molecule has 0 unspecified atom stereocenters. The smallest absolute Gasteiger partial charge is 0.411 e. The lowest BCUT2D eigenvalue weighted by molar-refractivity contribution is 0.203. The van der Waals surface area contributed by atoms with Crippen LogP contribution >= 0.6 is 0 Å². The van der Waals surface area contributed by atoms with Crippen LogP contribution in [0.15, 0.2) is 6.07 Å². The van der Waals surface area contributed by atoms with Crippen LogP contribution < -0.4 is 4.90 Å². The molecule has 1 rings (SSSR count). The van der Waals surface area contributed by atoms with Gasteiger partial charge in [-0.3, -0.25) is 4.90 Å². The Labute approximate surface area is 94.9 Å². The van der Waals surface area contributed by atoms with Crippen molar-refractivity contribution in [2.45, 2.75) is 20.8 Å². The van der Waals surface area contributed by atoms with E-state index < -0.39 is 6.09 Å². The molecule has 1 aromatic carbocycles. The highest BCUT2D eigenvalue weighted by atomic mass is 16.4. The molecule has 4 nitrogen and oxygen atoms in total. The number of aryl methyl sites for hydroxylation is 1. The Morgan fingerprint density at radius 3 is 2.38 bits per heavy atom. The zero-order valence-corrected chi connectivity index (χ0v) is 9.83. The molecule has 1 amide bonds. The second kappa shape index (κ2) is 4.23. The second-order valence-electron chi connectivity index (χ2n) is 3.76. The van der Waals surface area contributed by atoms with Crippen LogP contribution in [0.2, 0.25) is 0 Å². The summed E-state index contributed by atoms with van der Waals surface area (Å²) in [5.41, 5.74) is 3.73. The van der Waals surface area contributed by atoms with Gasteiger partial charge < -0.3 is 5.11 Å². The average molecular weight is 218 g/mol. The third-order valence-corrected chi connectivity index (χ3v) is 2.79. The number of amides is 1. The van der Waals surface area contributed by atoms with Crippen LogP contribution in [0.1, 0.15) is 16.7 Å². The van der Waals surface area contributed by atoms with Crippen LogP contribution in [0, 0.1) is 27.3 Å². The van der Waals surface area contributed by atoms with Crippen LogP contribution in [0.4, 0.5) is 16.2 Å². The van der Waals surface area contributed by atoms with Crippen molar-refractivity contribution < 1.29 is 9.90 Å². The maximum Gasteiger partial charge on any atom is 0.411 e. The van der Waals surface area contributed by atoms with Gasteiger partial charge in [-0.25, -0.2) is 9.64 Å². The summed E-state index contributed by atoms with van der Waals surface area (Å²) in [4.78, 5) is 15.5. The fourth-order valence-corrected chi connectivity index (χ4v) is 1.67. The Balaban J connectivity index is 3.47. The largest absolute Gasteiger partial charge is 0.465 e. The van der Waals surface area contributed by atoms with Gasteiger partial charge in [0.2, 0.25) is 0 Å². The molecule has 0 fully saturated rings. The molecular formula is C12H14N2O2. The molecule has 1 N–H and O–H groups in total. The number of nitrogens with zero attached hydrogens (tertiary/aromatic N) is 2. The van der Waals surface area contributed by atoms with Crippen molar-refractivity contribution in [3.05, 3.63) is 34.2 Å². The van der Waals surface area contributed by atoms with E-state index in [-0.39, 0.29) is 0 Å². The topological polar surface area (TPSA) is 44.9 Å². The molecule has 1 aromatic rings. The quantitative estimate of drug-likeness (QED) is 0.735. The Morgan fingerprint density at radius 1 is 1.38 bits per heavy atom. The van der Waals surface area contributed by atoms with Gasteiger partial charge >= 0.3 is 6.09 Å². The first-order valence-electron chi connectivity index (χ1n) is 4.85. The van der Waals surface area contributed by atoms with Gasteiger partial charge in [-0.05, 0) is 43.5 Å². The average Bonchev–Trinajstić information content (AvgIpc) is 2.23. The second-order valence-corrected chi connectivity index (χ2v) is 3.76. The summed E-state index contributed by atoms with van der Waals surface area (Å²) >= 11 is 0. The number of anilines is 1. The SMILES string of the molecule is [C-]#[N+]c1c(C)cc(N(C)C(=O)O)c(C)c1C. The van der Waals surface area contributed by atoms with Crippen molar-refractivity contribution in [2.75, 3.05) is 11.9 Å². The zero-order valence-electron chi connectivity index (χ0n) is 9.83. The van der Waals surface area contributed by atoms with Crippen LogP contribution in [-0.4, -0.2) is 18.2 Å². The lowest BCUT2D eigenvalue weighted by Gasteiger charge is -2.19. The minimum Gasteiger partial charge on any atom is -0.465 e. The van der Waals surface area contributed by atoms with E-state index in [2.05, 4.69) is 4.85 Å². The lowest BCUT2D eigenvalue weighted by Crippen LogP contribution is -2.24. The van der Waals surface area contributed by atoms with E-state index >= 15 is 0 Å². The van der Waals surface area contributed by atoms with Crippen LogP contribution in [0.25, 0.3) is 4.85 Å². The molecule has 0 aliphatic carbocycles. The van der Waals surface area contributed by atoms with Crippen LogP contribution in [0.5, 0.6) is 0 Å². The molecular weight excluding hydrogens is 204 g/mol. The molecule has 0 atom stereocenters. The monoisotopic (exact) mass is 218 g/mol. The summed E-state index contributed by atoms with van der Waals surface area (Å²) in [6.45, 7) is 12.6. The van der Waals surface area contributed by atoms with E-state index in [0.29, 0.717) is 11.4 Å². The molecule has 0 aliphatic rings. The highest BCUT2D eigenvalue weighted by Crippen LogP contribution is 2.33. The Morgan fingerprint density at radius 2 is 1.94 bits per heavy atom. The summed E-state index contributed by atoms with van der Waals surface area (Å²) in [7, 11) is 1.50. The molecule has 0 bridgehead atoms. The predicted octanol–water partition coefficient (Wildman–Crippen LogP) is 3.28. The highest BCUT2D eigenvalue weighted by Gasteiger charge is 2.16.